The Bertz CT molecular complexity index is 3520. The highest BCUT2D eigenvalue weighted by Gasteiger charge is 2.35. The van der Waals surface area contributed by atoms with E-state index in [0.29, 0.717) is 0 Å². The van der Waals surface area contributed by atoms with E-state index in [4.69, 9.17) is 0 Å². The van der Waals surface area contributed by atoms with Gasteiger partial charge in [0.25, 0.3) is 0 Å². The van der Waals surface area contributed by atoms with Crippen LogP contribution in [0.1, 0.15) is 25.0 Å². The molecule has 0 aliphatic heterocycles. The van der Waals surface area contributed by atoms with Crippen LogP contribution in [0.15, 0.2) is 206 Å². The first-order valence-corrected chi connectivity index (χ1v) is 20.7. The van der Waals surface area contributed by atoms with Crippen LogP contribution < -0.4 is 0 Å². The van der Waals surface area contributed by atoms with E-state index in [1.807, 2.05) is 0 Å². The Labute approximate surface area is 344 Å². The van der Waals surface area contributed by atoms with Crippen LogP contribution in [0.4, 0.5) is 0 Å². The molecule has 0 atom stereocenters. The number of hydrogen-bond donors (Lipinski definition) is 0. The van der Waals surface area contributed by atoms with Crippen molar-refractivity contribution >= 4 is 53.9 Å². The number of benzene rings is 11. The summed E-state index contributed by atoms with van der Waals surface area (Å²) in [7, 11) is 0. The van der Waals surface area contributed by atoms with Crippen molar-refractivity contribution in [2.45, 2.75) is 19.3 Å². The van der Waals surface area contributed by atoms with Gasteiger partial charge in [-0.05, 0) is 151 Å². The second-order valence-corrected chi connectivity index (χ2v) is 16.9. The van der Waals surface area contributed by atoms with Crippen molar-refractivity contribution in [2.24, 2.45) is 0 Å². The molecule has 0 spiro atoms. The van der Waals surface area contributed by atoms with E-state index in [1.54, 1.807) is 0 Å². The molecule has 0 heteroatoms. The van der Waals surface area contributed by atoms with Gasteiger partial charge in [-0.25, -0.2) is 0 Å². The fourth-order valence-electron chi connectivity index (χ4n) is 10.3. The largest absolute Gasteiger partial charge is 0.0619 e. The summed E-state index contributed by atoms with van der Waals surface area (Å²) in [6.07, 6.45) is 0. The van der Waals surface area contributed by atoms with Crippen LogP contribution in [0.3, 0.4) is 0 Å². The summed E-state index contributed by atoms with van der Waals surface area (Å²) in [5.41, 5.74) is 15.4. The number of fused-ring (bicyclic) bond motifs is 8. The molecule has 0 fully saturated rings. The fourth-order valence-corrected chi connectivity index (χ4v) is 10.3. The lowest BCUT2D eigenvalue weighted by Gasteiger charge is -2.23. The van der Waals surface area contributed by atoms with Crippen LogP contribution in [0, 0.1) is 0 Å². The van der Waals surface area contributed by atoms with Gasteiger partial charge < -0.3 is 0 Å². The predicted octanol–water partition coefficient (Wildman–Crippen LogP) is 16.4. The summed E-state index contributed by atoms with van der Waals surface area (Å²) in [5, 5.41) is 12.6. The number of rotatable bonds is 4. The molecule has 0 bridgehead atoms. The van der Waals surface area contributed by atoms with E-state index < -0.39 is 0 Å². The molecule has 1 aliphatic carbocycles. The molecule has 0 amide bonds. The third-order valence-electron chi connectivity index (χ3n) is 13.2. The summed E-state index contributed by atoms with van der Waals surface area (Å²) >= 11 is 0. The molecule has 0 radical (unpaired) electrons. The highest BCUT2D eigenvalue weighted by Crippen LogP contribution is 2.52. The average Bonchev–Trinajstić information content (AvgIpc) is 3.52. The van der Waals surface area contributed by atoms with Crippen molar-refractivity contribution < 1.29 is 0 Å². The van der Waals surface area contributed by atoms with Gasteiger partial charge in [-0.3, -0.25) is 0 Å². The van der Waals surface area contributed by atoms with Crippen molar-refractivity contribution in [2.75, 3.05) is 0 Å². The lowest BCUT2D eigenvalue weighted by atomic mass is 9.80. The van der Waals surface area contributed by atoms with E-state index in [0.717, 1.165) is 0 Å². The summed E-state index contributed by atoms with van der Waals surface area (Å²) in [6, 6.07) is 77.2. The van der Waals surface area contributed by atoms with Crippen molar-refractivity contribution in [1.82, 2.24) is 0 Å². The van der Waals surface area contributed by atoms with Crippen LogP contribution in [0.5, 0.6) is 0 Å². The van der Waals surface area contributed by atoms with Gasteiger partial charge in [0.05, 0.1) is 0 Å². The molecule has 0 unspecified atom stereocenters. The Balaban J connectivity index is 1.09. The first kappa shape index (κ1) is 33.8. The molecule has 0 aromatic heterocycles. The molecule has 276 valence electrons. The van der Waals surface area contributed by atoms with Crippen molar-refractivity contribution in [3.05, 3.63) is 217 Å². The van der Waals surface area contributed by atoms with Crippen molar-refractivity contribution in [3.63, 3.8) is 0 Å². The second kappa shape index (κ2) is 12.9. The van der Waals surface area contributed by atoms with Crippen LogP contribution in [0.2, 0.25) is 0 Å². The quantitative estimate of drug-likeness (QED) is 0.157. The molecule has 0 nitrogen and oxygen atoms in total. The molecule has 12 rings (SSSR count). The van der Waals surface area contributed by atoms with E-state index in [9.17, 15) is 0 Å². The van der Waals surface area contributed by atoms with Gasteiger partial charge in [0, 0.05) is 5.41 Å². The molecule has 0 N–H and O–H groups in total. The first-order chi connectivity index (χ1) is 29.0. The Morgan fingerprint density at radius 2 is 0.729 bits per heavy atom. The Hall–Kier alpha value is -7.28. The third kappa shape index (κ3) is 5.23. The molecule has 0 saturated carbocycles. The minimum Gasteiger partial charge on any atom is -0.0619 e. The van der Waals surface area contributed by atoms with Gasteiger partial charge >= 0.3 is 0 Å². The second-order valence-electron chi connectivity index (χ2n) is 16.9. The lowest BCUT2D eigenvalue weighted by Crippen LogP contribution is -2.14. The zero-order chi connectivity index (χ0) is 39.2. The molecule has 1 aliphatic rings. The van der Waals surface area contributed by atoms with Crippen LogP contribution in [0.25, 0.3) is 109 Å². The van der Waals surface area contributed by atoms with Crippen LogP contribution >= 0.6 is 0 Å². The Morgan fingerprint density at radius 1 is 0.254 bits per heavy atom. The summed E-state index contributed by atoms with van der Waals surface area (Å²) in [5.74, 6) is 0. The third-order valence-corrected chi connectivity index (χ3v) is 13.2. The minimum atomic E-state index is -0.0949. The van der Waals surface area contributed by atoms with E-state index in [2.05, 4.69) is 220 Å². The van der Waals surface area contributed by atoms with Gasteiger partial charge in [-0.2, -0.15) is 0 Å². The summed E-state index contributed by atoms with van der Waals surface area (Å²) in [4.78, 5) is 0. The normalized spacial score (nSPS) is 13.1. The first-order valence-electron chi connectivity index (χ1n) is 20.7. The van der Waals surface area contributed by atoms with Gasteiger partial charge in [-0.1, -0.05) is 190 Å². The SMILES string of the molecule is CC1(C)c2ccccc2-c2ccc(-c3c4ccccc4c(-c4ccc5cc(-c6cccc7ccccc67)ccc5c4)c4ccc(-c5ccc6ccccc6c5)cc34)cc21. The van der Waals surface area contributed by atoms with Gasteiger partial charge in [0.15, 0.2) is 0 Å². The zero-order valence-corrected chi connectivity index (χ0v) is 33.1. The van der Waals surface area contributed by atoms with Gasteiger partial charge in [0.2, 0.25) is 0 Å². The standard InChI is InChI=1S/C59H40/c1-59(2)55-21-10-9-17-49(55)50-30-29-46(36-56(50)59)58-52-19-8-7-18-51(52)57(53-31-28-43(35-54(53)58)40-23-22-37-12-3-4-14-39(37)32-40)45-27-25-41-33-44(26-24-42(41)34-45)48-20-11-15-38-13-5-6-16-47(38)48/h3-36H,1-2H3. The van der Waals surface area contributed by atoms with Gasteiger partial charge in [-0.15, -0.1) is 0 Å². The minimum absolute atomic E-state index is 0.0949. The Morgan fingerprint density at radius 3 is 1.56 bits per heavy atom. The van der Waals surface area contributed by atoms with Crippen LogP contribution in [-0.4, -0.2) is 0 Å². The van der Waals surface area contributed by atoms with E-state index in [1.165, 1.54) is 121 Å². The molecule has 59 heavy (non-hydrogen) atoms. The monoisotopic (exact) mass is 748 g/mol. The maximum atomic E-state index is 2.49. The smallest absolute Gasteiger partial charge is 0.0159 e. The molecule has 11 aromatic rings. The highest BCUT2D eigenvalue weighted by atomic mass is 14.4. The molecule has 11 aromatic carbocycles. The Kier molecular flexibility index (Phi) is 7.38. The molecular formula is C59H40. The average molecular weight is 749 g/mol. The summed E-state index contributed by atoms with van der Waals surface area (Å²) < 4.78 is 0. The maximum absolute atomic E-state index is 2.49. The van der Waals surface area contributed by atoms with Gasteiger partial charge in [0.1, 0.15) is 0 Å². The van der Waals surface area contributed by atoms with Crippen LogP contribution in [-0.2, 0) is 5.41 Å². The van der Waals surface area contributed by atoms with Crippen molar-refractivity contribution in [1.29, 1.82) is 0 Å². The predicted molar refractivity (Wildman–Crippen MR) is 253 cm³/mol. The molecular weight excluding hydrogens is 709 g/mol. The van der Waals surface area contributed by atoms with E-state index in [-0.39, 0.29) is 5.41 Å². The molecule has 0 saturated heterocycles. The lowest BCUT2D eigenvalue weighted by molar-refractivity contribution is 0.660. The highest BCUT2D eigenvalue weighted by molar-refractivity contribution is 6.22. The number of hydrogen-bond acceptors (Lipinski definition) is 0. The van der Waals surface area contributed by atoms with Crippen molar-refractivity contribution in [3.8, 4) is 55.6 Å². The molecule has 0 heterocycles. The fraction of sp³-hybridized carbons (Fsp3) is 0.0508. The summed E-state index contributed by atoms with van der Waals surface area (Å²) in [6.45, 7) is 4.76. The van der Waals surface area contributed by atoms with E-state index >= 15 is 0 Å². The topological polar surface area (TPSA) is 0 Å². The zero-order valence-electron chi connectivity index (χ0n) is 33.1. The maximum Gasteiger partial charge on any atom is 0.0159 e.